The Labute approximate surface area is 194 Å². The normalized spacial score (nSPS) is 14.0. The van der Waals surface area contributed by atoms with Gasteiger partial charge in [-0.25, -0.2) is 4.79 Å². The zero-order valence-corrected chi connectivity index (χ0v) is 19.4. The maximum atomic E-state index is 13.1. The number of fused-ring (bicyclic) bond motifs is 3. The highest BCUT2D eigenvalue weighted by Crippen LogP contribution is 2.44. The molecule has 33 heavy (non-hydrogen) atoms. The van der Waals surface area contributed by atoms with Gasteiger partial charge in [-0.15, -0.1) is 0 Å². The van der Waals surface area contributed by atoms with E-state index in [0.717, 1.165) is 22.3 Å². The first-order chi connectivity index (χ1) is 15.9. The molecule has 2 N–H and O–H groups in total. The van der Waals surface area contributed by atoms with Gasteiger partial charge in [-0.05, 0) is 42.0 Å². The van der Waals surface area contributed by atoms with Crippen LogP contribution in [0.4, 0.5) is 4.79 Å². The van der Waals surface area contributed by atoms with Crippen molar-refractivity contribution >= 4 is 18.0 Å². The Bertz CT molecular complexity index is 960. The molecule has 2 aromatic rings. The number of alkyl carbamates (subject to hydrolysis) is 1. The third-order valence-electron chi connectivity index (χ3n) is 6.22. The molecule has 0 bridgehead atoms. The van der Waals surface area contributed by atoms with Gasteiger partial charge in [0.25, 0.3) is 0 Å². The zero-order valence-electron chi connectivity index (χ0n) is 19.4. The standard InChI is InChI=1S/C26H32N2O5/c1-4-10-23(25(31)28(15-24(29)30)17(3)5-2)27-26(32)33-16-22-20-13-8-6-11-18(20)19-12-7-9-14-21(19)22/h6-9,11-14,17,22-23H,4-5,10,15-16H2,1-3H3,(H,27,32)(H,29,30)/t17?,23-/m0/s1. The number of hydrogen-bond donors (Lipinski definition) is 2. The van der Waals surface area contributed by atoms with Gasteiger partial charge in [0.05, 0.1) is 0 Å². The van der Waals surface area contributed by atoms with Gasteiger partial charge in [-0.3, -0.25) is 9.59 Å². The molecule has 1 aliphatic carbocycles. The summed E-state index contributed by atoms with van der Waals surface area (Å²) >= 11 is 0. The van der Waals surface area contributed by atoms with Crippen LogP contribution in [0.25, 0.3) is 11.1 Å². The number of benzene rings is 2. The molecule has 3 rings (SSSR count). The van der Waals surface area contributed by atoms with Crippen LogP contribution in [0.3, 0.4) is 0 Å². The van der Waals surface area contributed by atoms with E-state index in [1.165, 1.54) is 4.90 Å². The molecule has 1 unspecified atom stereocenters. The van der Waals surface area contributed by atoms with E-state index in [2.05, 4.69) is 17.4 Å². The largest absolute Gasteiger partial charge is 0.480 e. The predicted molar refractivity (Wildman–Crippen MR) is 126 cm³/mol. The number of ether oxygens (including phenoxy) is 1. The predicted octanol–water partition coefficient (Wildman–Crippen LogP) is 4.41. The topological polar surface area (TPSA) is 95.9 Å². The van der Waals surface area contributed by atoms with Crippen molar-refractivity contribution in [3.63, 3.8) is 0 Å². The van der Waals surface area contributed by atoms with E-state index in [-0.39, 0.29) is 18.6 Å². The average Bonchev–Trinajstić information content (AvgIpc) is 3.13. The van der Waals surface area contributed by atoms with Gasteiger partial charge in [-0.1, -0.05) is 68.8 Å². The summed E-state index contributed by atoms with van der Waals surface area (Å²) in [7, 11) is 0. The van der Waals surface area contributed by atoms with Crippen LogP contribution in [0.5, 0.6) is 0 Å². The lowest BCUT2D eigenvalue weighted by molar-refractivity contribution is -0.147. The van der Waals surface area contributed by atoms with Crippen molar-refractivity contribution in [2.24, 2.45) is 0 Å². The minimum Gasteiger partial charge on any atom is -0.480 e. The van der Waals surface area contributed by atoms with Crippen molar-refractivity contribution in [1.82, 2.24) is 10.2 Å². The highest BCUT2D eigenvalue weighted by molar-refractivity contribution is 5.88. The van der Waals surface area contributed by atoms with Crippen LogP contribution in [-0.4, -0.2) is 53.2 Å². The molecule has 1 aliphatic rings. The summed E-state index contributed by atoms with van der Waals surface area (Å²) in [5, 5.41) is 11.9. The quantitative estimate of drug-likeness (QED) is 0.557. The maximum Gasteiger partial charge on any atom is 0.407 e. The maximum absolute atomic E-state index is 13.1. The smallest absolute Gasteiger partial charge is 0.407 e. The molecule has 2 amide bonds. The first kappa shape index (κ1) is 24.3. The second-order valence-corrected chi connectivity index (χ2v) is 8.43. The monoisotopic (exact) mass is 452 g/mol. The van der Waals surface area contributed by atoms with Crippen LogP contribution in [0.1, 0.15) is 57.1 Å². The molecular formula is C26H32N2O5. The average molecular weight is 453 g/mol. The van der Waals surface area contributed by atoms with Crippen LogP contribution in [0, 0.1) is 0 Å². The summed E-state index contributed by atoms with van der Waals surface area (Å²) in [6.45, 7) is 5.35. The van der Waals surface area contributed by atoms with E-state index in [9.17, 15) is 19.5 Å². The highest BCUT2D eigenvalue weighted by Gasteiger charge is 2.32. The minimum absolute atomic E-state index is 0.0768. The van der Waals surface area contributed by atoms with E-state index in [1.807, 2.05) is 50.2 Å². The number of aliphatic carboxylic acids is 1. The Balaban J connectivity index is 1.69. The first-order valence-corrected chi connectivity index (χ1v) is 11.5. The summed E-state index contributed by atoms with van der Waals surface area (Å²) in [5.41, 5.74) is 4.49. The summed E-state index contributed by atoms with van der Waals surface area (Å²) in [4.78, 5) is 38.4. The SMILES string of the molecule is CCC[C@H](NC(=O)OCC1c2ccccc2-c2ccccc21)C(=O)N(CC(=O)O)C(C)CC. The number of amides is 2. The van der Waals surface area contributed by atoms with Crippen LogP contribution in [0.15, 0.2) is 48.5 Å². The van der Waals surface area contributed by atoms with Crippen LogP contribution in [-0.2, 0) is 14.3 Å². The molecule has 0 fully saturated rings. The number of carbonyl (C=O) groups excluding carboxylic acids is 2. The molecule has 7 heteroatoms. The number of nitrogens with one attached hydrogen (secondary N) is 1. The summed E-state index contributed by atoms with van der Waals surface area (Å²) in [6, 6.07) is 15.1. The molecular weight excluding hydrogens is 420 g/mol. The van der Waals surface area contributed by atoms with Crippen molar-refractivity contribution in [3.8, 4) is 11.1 Å². The fourth-order valence-electron chi connectivity index (χ4n) is 4.35. The number of carboxylic acids is 1. The summed E-state index contributed by atoms with van der Waals surface area (Å²) in [5.74, 6) is -1.56. The van der Waals surface area contributed by atoms with E-state index >= 15 is 0 Å². The van der Waals surface area contributed by atoms with Crippen molar-refractivity contribution in [2.45, 2.75) is 58.0 Å². The summed E-state index contributed by atoms with van der Waals surface area (Å²) < 4.78 is 5.58. The van der Waals surface area contributed by atoms with Crippen molar-refractivity contribution in [3.05, 3.63) is 59.7 Å². The Morgan fingerprint density at radius 3 is 2.12 bits per heavy atom. The lowest BCUT2D eigenvalue weighted by Gasteiger charge is -2.31. The molecule has 0 saturated carbocycles. The summed E-state index contributed by atoms with van der Waals surface area (Å²) in [6.07, 6.45) is 0.989. The number of carboxylic acid groups (broad SMARTS) is 1. The van der Waals surface area contributed by atoms with Crippen LogP contribution in [0.2, 0.25) is 0 Å². The van der Waals surface area contributed by atoms with Gasteiger partial charge in [0.15, 0.2) is 0 Å². The molecule has 176 valence electrons. The van der Waals surface area contributed by atoms with Gasteiger partial charge in [-0.2, -0.15) is 0 Å². The Morgan fingerprint density at radius 2 is 1.61 bits per heavy atom. The zero-order chi connectivity index (χ0) is 24.0. The molecule has 2 atom stereocenters. The second kappa shape index (κ2) is 11.0. The number of hydrogen-bond acceptors (Lipinski definition) is 4. The van der Waals surface area contributed by atoms with E-state index in [0.29, 0.717) is 19.3 Å². The first-order valence-electron chi connectivity index (χ1n) is 11.5. The van der Waals surface area contributed by atoms with Crippen molar-refractivity contribution in [2.75, 3.05) is 13.2 Å². The van der Waals surface area contributed by atoms with Crippen LogP contribution >= 0.6 is 0 Å². The van der Waals surface area contributed by atoms with Gasteiger partial charge < -0.3 is 20.1 Å². The van der Waals surface area contributed by atoms with E-state index < -0.39 is 30.6 Å². The fraction of sp³-hybridized carbons (Fsp3) is 0.423. The number of nitrogens with zero attached hydrogens (tertiary/aromatic N) is 1. The fourth-order valence-corrected chi connectivity index (χ4v) is 4.35. The molecule has 0 aromatic heterocycles. The van der Waals surface area contributed by atoms with Gasteiger partial charge >= 0.3 is 12.1 Å². The van der Waals surface area contributed by atoms with Gasteiger partial charge in [0.1, 0.15) is 19.2 Å². The van der Waals surface area contributed by atoms with Gasteiger partial charge in [0.2, 0.25) is 5.91 Å². The third kappa shape index (κ3) is 5.53. The molecule has 0 heterocycles. The van der Waals surface area contributed by atoms with Crippen LogP contribution < -0.4 is 5.32 Å². The molecule has 0 spiro atoms. The minimum atomic E-state index is -1.08. The van der Waals surface area contributed by atoms with E-state index in [1.54, 1.807) is 6.92 Å². The lowest BCUT2D eigenvalue weighted by Crippen LogP contribution is -2.52. The van der Waals surface area contributed by atoms with E-state index in [4.69, 9.17) is 4.74 Å². The van der Waals surface area contributed by atoms with Crippen molar-refractivity contribution in [1.29, 1.82) is 0 Å². The lowest BCUT2D eigenvalue weighted by atomic mass is 9.98. The number of carbonyl (C=O) groups is 3. The Hall–Kier alpha value is -3.35. The highest BCUT2D eigenvalue weighted by atomic mass is 16.5. The number of rotatable bonds is 10. The molecule has 2 aromatic carbocycles. The van der Waals surface area contributed by atoms with Gasteiger partial charge in [0, 0.05) is 12.0 Å². The molecule has 0 saturated heterocycles. The second-order valence-electron chi connectivity index (χ2n) is 8.43. The molecule has 7 nitrogen and oxygen atoms in total. The molecule has 0 aliphatic heterocycles. The Kier molecular flexibility index (Phi) is 8.09. The molecule has 0 radical (unpaired) electrons. The third-order valence-corrected chi connectivity index (χ3v) is 6.22. The van der Waals surface area contributed by atoms with Crippen molar-refractivity contribution < 1.29 is 24.2 Å². The Morgan fingerprint density at radius 1 is 1.03 bits per heavy atom.